The highest BCUT2D eigenvalue weighted by molar-refractivity contribution is 6.32. The molecule has 0 saturated carbocycles. The minimum absolute atomic E-state index is 0.112. The van der Waals surface area contributed by atoms with Gasteiger partial charge in [-0.3, -0.25) is 0 Å². The fourth-order valence-electron chi connectivity index (χ4n) is 2.23. The molecule has 0 radical (unpaired) electrons. The highest BCUT2D eigenvalue weighted by Gasteiger charge is 2.23. The van der Waals surface area contributed by atoms with Crippen LogP contribution in [0.4, 0.5) is 13.2 Å². The van der Waals surface area contributed by atoms with E-state index in [0.717, 1.165) is 12.1 Å². The van der Waals surface area contributed by atoms with Crippen molar-refractivity contribution in [2.45, 2.75) is 40.3 Å². The first-order valence-electron chi connectivity index (χ1n) is 8.32. The molecule has 0 fully saturated rings. The maximum atomic E-state index is 14.3. The van der Waals surface area contributed by atoms with Crippen LogP contribution in [0.5, 0.6) is 5.75 Å². The van der Waals surface area contributed by atoms with Gasteiger partial charge in [-0.2, -0.15) is 13.5 Å². The number of hydrogen-bond donors (Lipinski definition) is 0. The van der Waals surface area contributed by atoms with Gasteiger partial charge in [-0.25, -0.2) is 18.5 Å². The summed E-state index contributed by atoms with van der Waals surface area (Å²) in [6.45, 7) is 3.36. The van der Waals surface area contributed by atoms with Crippen molar-refractivity contribution in [3.8, 4) is 11.4 Å². The van der Waals surface area contributed by atoms with Crippen molar-refractivity contribution in [2.75, 3.05) is 6.61 Å². The van der Waals surface area contributed by atoms with Crippen LogP contribution in [0.2, 0.25) is 5.02 Å². The van der Waals surface area contributed by atoms with Gasteiger partial charge >= 0.3 is 18.2 Å². The zero-order valence-electron chi connectivity index (χ0n) is 15.6. The number of carbonyl (C=O) groups is 1. The summed E-state index contributed by atoms with van der Waals surface area (Å²) in [6.07, 6.45) is -1.08. The first kappa shape index (κ1) is 21.8. The summed E-state index contributed by atoms with van der Waals surface area (Å²) in [5, 5.41) is 3.48. The van der Waals surface area contributed by atoms with E-state index in [1.54, 1.807) is 0 Å². The van der Waals surface area contributed by atoms with E-state index in [9.17, 15) is 22.8 Å². The van der Waals surface area contributed by atoms with Gasteiger partial charge in [0.15, 0.2) is 11.9 Å². The molecular weight excluding hydrogens is 403 g/mol. The van der Waals surface area contributed by atoms with E-state index < -0.39 is 35.8 Å². The van der Waals surface area contributed by atoms with Crippen LogP contribution in [0, 0.1) is 18.7 Å². The number of benzene rings is 1. The van der Waals surface area contributed by atoms with Crippen LogP contribution >= 0.6 is 11.6 Å². The predicted molar refractivity (Wildman–Crippen MR) is 94.7 cm³/mol. The number of aromatic nitrogens is 3. The summed E-state index contributed by atoms with van der Waals surface area (Å²) in [7, 11) is 0. The molecule has 7 nitrogen and oxygen atoms in total. The lowest BCUT2D eigenvalue weighted by Crippen LogP contribution is -2.28. The molecule has 1 unspecified atom stereocenters. The van der Waals surface area contributed by atoms with Crippen molar-refractivity contribution in [1.82, 2.24) is 14.3 Å². The number of esters is 1. The molecule has 0 aliphatic rings. The summed E-state index contributed by atoms with van der Waals surface area (Å²) in [6, 6.07) is 1.84. The van der Waals surface area contributed by atoms with Gasteiger partial charge in [-0.05, 0) is 25.8 Å². The Morgan fingerprint density at radius 1 is 1.29 bits per heavy atom. The summed E-state index contributed by atoms with van der Waals surface area (Å²) in [5.74, 6) is -1.96. The van der Waals surface area contributed by atoms with E-state index in [1.807, 2.05) is 13.8 Å². The van der Waals surface area contributed by atoms with Crippen molar-refractivity contribution in [3.63, 3.8) is 0 Å². The normalized spacial score (nSPS) is 12.5. The number of halogens is 4. The summed E-state index contributed by atoms with van der Waals surface area (Å²) in [5.41, 5.74) is -1.68. The van der Waals surface area contributed by atoms with Gasteiger partial charge in [-0.15, -0.1) is 5.10 Å². The molecule has 0 N–H and O–H groups in total. The smallest absolute Gasteiger partial charge is 0.355 e. The topological polar surface area (TPSA) is 75.4 Å². The Balaban J connectivity index is 2.37. The molecule has 0 amide bonds. The summed E-state index contributed by atoms with van der Waals surface area (Å²) in [4.78, 5) is 24.1. The Labute approximate surface area is 163 Å². The molecule has 2 rings (SSSR count). The van der Waals surface area contributed by atoms with Crippen LogP contribution < -0.4 is 10.4 Å². The monoisotopic (exact) mass is 421 g/mol. The van der Waals surface area contributed by atoms with Crippen molar-refractivity contribution in [3.05, 3.63) is 39.3 Å². The number of nitrogens with zero attached hydrogens (tertiary/aromatic N) is 3. The molecule has 1 aromatic heterocycles. The van der Waals surface area contributed by atoms with Gasteiger partial charge in [-0.1, -0.05) is 25.4 Å². The fraction of sp³-hybridized carbons (Fsp3) is 0.471. The van der Waals surface area contributed by atoms with E-state index in [2.05, 4.69) is 5.10 Å². The minimum atomic E-state index is -3.14. The second kappa shape index (κ2) is 8.68. The summed E-state index contributed by atoms with van der Waals surface area (Å²) >= 11 is 5.94. The van der Waals surface area contributed by atoms with E-state index in [4.69, 9.17) is 21.1 Å². The molecule has 0 aliphatic heterocycles. The Morgan fingerprint density at radius 3 is 2.46 bits per heavy atom. The van der Waals surface area contributed by atoms with E-state index in [-0.39, 0.29) is 33.7 Å². The fourth-order valence-corrected chi connectivity index (χ4v) is 2.43. The average Bonchev–Trinajstić information content (AvgIpc) is 2.89. The maximum Gasteiger partial charge on any atom is 0.355 e. The number of ether oxygens (including phenoxy) is 2. The zero-order valence-corrected chi connectivity index (χ0v) is 16.3. The number of carbonyl (C=O) groups excluding carboxylic acids is 1. The van der Waals surface area contributed by atoms with Gasteiger partial charge in [0, 0.05) is 6.07 Å². The number of hydrogen-bond acceptors (Lipinski definition) is 5. The van der Waals surface area contributed by atoms with Crippen molar-refractivity contribution < 1.29 is 27.4 Å². The molecule has 0 spiro atoms. The molecular formula is C17H19ClF3N3O4. The Kier molecular flexibility index (Phi) is 6.76. The Morgan fingerprint density at radius 2 is 1.93 bits per heavy atom. The highest BCUT2D eigenvalue weighted by atomic mass is 35.5. The molecule has 28 heavy (non-hydrogen) atoms. The summed E-state index contributed by atoms with van der Waals surface area (Å²) < 4.78 is 51.3. The van der Waals surface area contributed by atoms with Crippen LogP contribution in [-0.4, -0.2) is 33.0 Å². The SMILES string of the molecule is Cc1nn(-c2cc(OC(C)C(=O)OCC(C)C)c(Cl)cc2F)c(=O)n1C(F)F. The van der Waals surface area contributed by atoms with Crippen LogP contribution in [-0.2, 0) is 9.53 Å². The zero-order chi connectivity index (χ0) is 21.2. The Hall–Kier alpha value is -2.49. The van der Waals surface area contributed by atoms with Gasteiger partial charge in [0.2, 0.25) is 0 Å². The van der Waals surface area contributed by atoms with E-state index in [0.29, 0.717) is 4.68 Å². The first-order chi connectivity index (χ1) is 13.0. The molecule has 1 atom stereocenters. The minimum Gasteiger partial charge on any atom is -0.477 e. The van der Waals surface area contributed by atoms with Crippen molar-refractivity contribution >= 4 is 17.6 Å². The first-order valence-corrected chi connectivity index (χ1v) is 8.69. The molecule has 2 aromatic rings. The highest BCUT2D eigenvalue weighted by Crippen LogP contribution is 2.30. The molecule has 0 saturated heterocycles. The lowest BCUT2D eigenvalue weighted by molar-refractivity contribution is -0.152. The third-order valence-electron chi connectivity index (χ3n) is 3.60. The molecule has 0 aliphatic carbocycles. The molecule has 0 bridgehead atoms. The second-order valence-corrected chi connectivity index (χ2v) is 6.81. The molecule has 1 aromatic carbocycles. The van der Waals surface area contributed by atoms with Gasteiger partial charge in [0.1, 0.15) is 17.3 Å². The van der Waals surface area contributed by atoms with E-state index >= 15 is 0 Å². The van der Waals surface area contributed by atoms with Crippen molar-refractivity contribution in [2.24, 2.45) is 5.92 Å². The molecule has 11 heteroatoms. The van der Waals surface area contributed by atoms with Crippen LogP contribution in [0.25, 0.3) is 5.69 Å². The Bertz CT molecular complexity index is 927. The second-order valence-electron chi connectivity index (χ2n) is 6.41. The third kappa shape index (κ3) is 4.67. The standard InChI is InChI=1S/C17H19ClF3N3O4/c1-8(2)7-27-15(25)9(3)28-14-6-13(12(19)5-11(14)18)24-17(26)23(16(20)21)10(4)22-24/h5-6,8-9,16H,7H2,1-4H3. The quantitative estimate of drug-likeness (QED) is 0.640. The average molecular weight is 422 g/mol. The number of aryl methyl sites for hydroxylation is 1. The van der Waals surface area contributed by atoms with Crippen LogP contribution in [0.15, 0.2) is 16.9 Å². The molecule has 154 valence electrons. The lowest BCUT2D eigenvalue weighted by atomic mass is 10.2. The third-order valence-corrected chi connectivity index (χ3v) is 3.90. The number of alkyl halides is 2. The lowest BCUT2D eigenvalue weighted by Gasteiger charge is -2.16. The van der Waals surface area contributed by atoms with Crippen LogP contribution in [0.1, 0.15) is 33.1 Å². The molecule has 1 heterocycles. The van der Waals surface area contributed by atoms with Crippen LogP contribution in [0.3, 0.4) is 0 Å². The predicted octanol–water partition coefficient (Wildman–Crippen LogP) is 3.50. The van der Waals surface area contributed by atoms with Gasteiger partial charge < -0.3 is 9.47 Å². The van der Waals surface area contributed by atoms with Crippen molar-refractivity contribution in [1.29, 1.82) is 0 Å². The maximum absolute atomic E-state index is 14.3. The van der Waals surface area contributed by atoms with E-state index in [1.165, 1.54) is 13.8 Å². The van der Waals surface area contributed by atoms with Gasteiger partial charge in [0.25, 0.3) is 0 Å². The largest absolute Gasteiger partial charge is 0.477 e. The van der Waals surface area contributed by atoms with Gasteiger partial charge in [0.05, 0.1) is 11.6 Å². The number of rotatable bonds is 7.